The van der Waals surface area contributed by atoms with E-state index in [0.29, 0.717) is 28.1 Å². The lowest BCUT2D eigenvalue weighted by molar-refractivity contribution is 0.112. The summed E-state index contributed by atoms with van der Waals surface area (Å²) in [5.41, 5.74) is 1.78. The molecule has 3 aromatic rings. The summed E-state index contributed by atoms with van der Waals surface area (Å²) in [5, 5.41) is 0.687. The van der Waals surface area contributed by atoms with Gasteiger partial charge in [-0.2, -0.15) is 0 Å². The van der Waals surface area contributed by atoms with Crippen molar-refractivity contribution in [1.82, 2.24) is 15.0 Å². The van der Waals surface area contributed by atoms with E-state index in [2.05, 4.69) is 15.0 Å². The molecule has 0 aliphatic rings. The first-order chi connectivity index (χ1) is 7.90. The van der Waals surface area contributed by atoms with Crippen LogP contribution >= 0.6 is 0 Å². The molecule has 0 spiro atoms. The van der Waals surface area contributed by atoms with Gasteiger partial charge in [0.15, 0.2) is 12.0 Å². The van der Waals surface area contributed by atoms with Crippen LogP contribution in [0.2, 0.25) is 0 Å². The number of furan rings is 1. The molecule has 5 heteroatoms. The lowest BCUT2D eigenvalue weighted by atomic mass is 10.1. The van der Waals surface area contributed by atoms with Crippen LogP contribution in [0.1, 0.15) is 10.4 Å². The Bertz CT molecular complexity index is 640. The van der Waals surface area contributed by atoms with E-state index in [4.69, 9.17) is 4.42 Å². The van der Waals surface area contributed by atoms with Crippen LogP contribution in [-0.4, -0.2) is 21.2 Å². The highest BCUT2D eigenvalue weighted by Gasteiger charge is 2.13. The fraction of sp³-hybridized carbons (Fsp3) is 0. The summed E-state index contributed by atoms with van der Waals surface area (Å²) in [6.07, 6.45) is 5.38. The first-order valence-corrected chi connectivity index (χ1v) is 4.71. The lowest BCUT2D eigenvalue weighted by Gasteiger charge is -1.98. The van der Waals surface area contributed by atoms with Crippen LogP contribution in [0.3, 0.4) is 0 Å². The van der Waals surface area contributed by atoms with E-state index in [1.54, 1.807) is 24.6 Å². The highest BCUT2D eigenvalue weighted by atomic mass is 16.3. The fourth-order valence-electron chi connectivity index (χ4n) is 1.68. The molecular weight excluding hydrogens is 206 g/mol. The predicted octanol–water partition coefficient (Wildman–Crippen LogP) is 2.03. The molecule has 3 rings (SSSR count). The SMILES string of the molecule is O=Cc1c[nH]c2ncnc(-c3ccco3)c12. The summed E-state index contributed by atoms with van der Waals surface area (Å²) < 4.78 is 5.28. The van der Waals surface area contributed by atoms with Crippen LogP contribution in [0.5, 0.6) is 0 Å². The van der Waals surface area contributed by atoms with Gasteiger partial charge in [-0.3, -0.25) is 4.79 Å². The molecule has 5 nitrogen and oxygen atoms in total. The molecule has 78 valence electrons. The minimum absolute atomic E-state index is 0.530. The van der Waals surface area contributed by atoms with E-state index in [1.807, 2.05) is 0 Å². The number of rotatable bonds is 2. The molecule has 3 aromatic heterocycles. The Kier molecular flexibility index (Phi) is 1.83. The van der Waals surface area contributed by atoms with Gasteiger partial charge in [0, 0.05) is 11.8 Å². The number of carbonyl (C=O) groups excluding carboxylic acids is 1. The summed E-state index contributed by atoms with van der Waals surface area (Å²) in [4.78, 5) is 22.0. The van der Waals surface area contributed by atoms with Gasteiger partial charge < -0.3 is 9.40 Å². The Morgan fingerprint density at radius 1 is 1.38 bits per heavy atom. The normalized spacial score (nSPS) is 10.8. The van der Waals surface area contributed by atoms with Crippen LogP contribution in [0.25, 0.3) is 22.5 Å². The van der Waals surface area contributed by atoms with Crippen LogP contribution in [-0.2, 0) is 0 Å². The maximum Gasteiger partial charge on any atom is 0.153 e. The average molecular weight is 213 g/mol. The molecule has 16 heavy (non-hydrogen) atoms. The van der Waals surface area contributed by atoms with Crippen molar-refractivity contribution in [2.24, 2.45) is 0 Å². The molecular formula is C11H7N3O2. The quantitative estimate of drug-likeness (QED) is 0.661. The Morgan fingerprint density at radius 3 is 3.06 bits per heavy atom. The number of aromatic amines is 1. The zero-order valence-electron chi connectivity index (χ0n) is 8.18. The number of carbonyl (C=O) groups is 1. The molecule has 0 saturated carbocycles. The second kappa shape index (κ2) is 3.30. The summed E-state index contributed by atoms with van der Waals surface area (Å²) >= 11 is 0. The van der Waals surface area contributed by atoms with Crippen molar-refractivity contribution >= 4 is 17.3 Å². The van der Waals surface area contributed by atoms with Gasteiger partial charge in [-0.1, -0.05) is 0 Å². The van der Waals surface area contributed by atoms with E-state index < -0.39 is 0 Å². The number of aldehydes is 1. The number of nitrogens with zero attached hydrogens (tertiary/aromatic N) is 2. The highest BCUT2D eigenvalue weighted by Crippen LogP contribution is 2.27. The fourth-order valence-corrected chi connectivity index (χ4v) is 1.68. The van der Waals surface area contributed by atoms with E-state index in [1.165, 1.54) is 6.33 Å². The van der Waals surface area contributed by atoms with Gasteiger partial charge in [-0.05, 0) is 12.1 Å². The van der Waals surface area contributed by atoms with Gasteiger partial charge in [0.1, 0.15) is 17.7 Å². The first-order valence-electron chi connectivity index (χ1n) is 4.71. The van der Waals surface area contributed by atoms with Crippen LogP contribution in [0, 0.1) is 0 Å². The molecule has 0 atom stereocenters. The van der Waals surface area contributed by atoms with E-state index in [0.717, 1.165) is 6.29 Å². The van der Waals surface area contributed by atoms with E-state index in [9.17, 15) is 4.79 Å². The van der Waals surface area contributed by atoms with Crippen molar-refractivity contribution in [2.45, 2.75) is 0 Å². The minimum Gasteiger partial charge on any atom is -0.463 e. The van der Waals surface area contributed by atoms with E-state index >= 15 is 0 Å². The van der Waals surface area contributed by atoms with Crippen LogP contribution in [0.15, 0.2) is 35.3 Å². The van der Waals surface area contributed by atoms with Gasteiger partial charge in [0.2, 0.25) is 0 Å². The second-order valence-corrected chi connectivity index (χ2v) is 3.29. The van der Waals surface area contributed by atoms with E-state index in [-0.39, 0.29) is 0 Å². The van der Waals surface area contributed by atoms with Crippen molar-refractivity contribution < 1.29 is 9.21 Å². The maximum atomic E-state index is 10.9. The number of nitrogens with one attached hydrogen (secondary N) is 1. The topological polar surface area (TPSA) is 71.8 Å². The maximum absolute atomic E-state index is 10.9. The summed E-state index contributed by atoms with van der Waals surface area (Å²) in [5.74, 6) is 0.620. The number of hydrogen-bond donors (Lipinski definition) is 1. The van der Waals surface area contributed by atoms with Gasteiger partial charge in [0.25, 0.3) is 0 Å². The standard InChI is InChI=1S/C11H7N3O2/c15-5-7-4-12-11-9(7)10(13-6-14-11)8-2-1-3-16-8/h1-6H,(H,12,13,14). The molecule has 0 saturated heterocycles. The lowest BCUT2D eigenvalue weighted by Crippen LogP contribution is -1.87. The summed E-state index contributed by atoms with van der Waals surface area (Å²) in [6.45, 7) is 0. The predicted molar refractivity (Wildman–Crippen MR) is 57.0 cm³/mol. The third-order valence-electron chi connectivity index (χ3n) is 2.38. The Morgan fingerprint density at radius 2 is 2.31 bits per heavy atom. The number of fused-ring (bicyclic) bond motifs is 1. The Labute approximate surface area is 90.1 Å². The zero-order chi connectivity index (χ0) is 11.0. The monoisotopic (exact) mass is 213 g/mol. The van der Waals surface area contributed by atoms with Crippen molar-refractivity contribution in [3.05, 3.63) is 36.5 Å². The average Bonchev–Trinajstić information content (AvgIpc) is 2.97. The van der Waals surface area contributed by atoms with Gasteiger partial charge in [0.05, 0.1) is 11.6 Å². The molecule has 0 unspecified atom stereocenters. The molecule has 0 fully saturated rings. The molecule has 0 radical (unpaired) electrons. The second-order valence-electron chi connectivity index (χ2n) is 3.29. The first kappa shape index (κ1) is 8.84. The molecule has 0 aliphatic heterocycles. The molecule has 1 N–H and O–H groups in total. The third-order valence-corrected chi connectivity index (χ3v) is 2.38. The molecule has 0 bridgehead atoms. The Hall–Kier alpha value is -2.43. The Balaban J connectivity index is 2.39. The van der Waals surface area contributed by atoms with Gasteiger partial charge >= 0.3 is 0 Å². The summed E-state index contributed by atoms with van der Waals surface area (Å²) in [6, 6.07) is 3.57. The zero-order valence-corrected chi connectivity index (χ0v) is 8.18. The highest BCUT2D eigenvalue weighted by molar-refractivity contribution is 6.02. The van der Waals surface area contributed by atoms with Crippen molar-refractivity contribution in [3.63, 3.8) is 0 Å². The van der Waals surface area contributed by atoms with Crippen LogP contribution in [0.4, 0.5) is 0 Å². The summed E-state index contributed by atoms with van der Waals surface area (Å²) in [7, 11) is 0. The third kappa shape index (κ3) is 1.15. The van der Waals surface area contributed by atoms with Gasteiger partial charge in [-0.25, -0.2) is 9.97 Å². The largest absolute Gasteiger partial charge is 0.463 e. The molecule has 0 aliphatic carbocycles. The van der Waals surface area contributed by atoms with Crippen molar-refractivity contribution in [1.29, 1.82) is 0 Å². The number of H-pyrrole nitrogens is 1. The van der Waals surface area contributed by atoms with Gasteiger partial charge in [-0.15, -0.1) is 0 Å². The van der Waals surface area contributed by atoms with Crippen molar-refractivity contribution in [3.8, 4) is 11.5 Å². The van der Waals surface area contributed by atoms with Crippen LogP contribution < -0.4 is 0 Å². The van der Waals surface area contributed by atoms with Crippen molar-refractivity contribution in [2.75, 3.05) is 0 Å². The smallest absolute Gasteiger partial charge is 0.153 e. The molecule has 3 heterocycles. The molecule has 0 aromatic carbocycles. The molecule has 0 amide bonds. The number of aromatic nitrogens is 3. The minimum atomic E-state index is 0.530. The number of hydrogen-bond acceptors (Lipinski definition) is 4.